The molecule has 2 rings (SSSR count). The van der Waals surface area contributed by atoms with Crippen molar-refractivity contribution in [1.82, 2.24) is 4.98 Å². The Labute approximate surface area is 124 Å². The van der Waals surface area contributed by atoms with E-state index in [-0.39, 0.29) is 6.04 Å². The molecule has 1 N–H and O–H groups in total. The van der Waals surface area contributed by atoms with E-state index in [1.165, 1.54) is 22.7 Å². The first kappa shape index (κ1) is 14.3. The number of carbonyl (C=O) groups excluding carboxylic acids is 1. The van der Waals surface area contributed by atoms with Crippen LogP contribution in [-0.4, -0.2) is 17.6 Å². The van der Waals surface area contributed by atoms with Crippen LogP contribution in [0.1, 0.15) is 35.3 Å². The number of rotatable bonds is 5. The van der Waals surface area contributed by atoms with Crippen LogP contribution < -0.4 is 5.32 Å². The van der Waals surface area contributed by atoms with Crippen LogP contribution >= 0.6 is 34.3 Å². The van der Waals surface area contributed by atoms with E-state index in [0.717, 1.165) is 14.2 Å². The number of esters is 1. The van der Waals surface area contributed by atoms with Crippen LogP contribution in [0.15, 0.2) is 17.6 Å². The summed E-state index contributed by atoms with van der Waals surface area (Å²) < 4.78 is 5.71. The minimum absolute atomic E-state index is 0.0612. The third kappa shape index (κ3) is 3.46. The molecule has 7 heteroatoms. The number of carbonyl (C=O) groups is 1. The van der Waals surface area contributed by atoms with Gasteiger partial charge in [-0.05, 0) is 26.0 Å². The molecule has 1 unspecified atom stereocenters. The fraction of sp³-hybridized carbons (Fsp3) is 0.333. The highest BCUT2D eigenvalue weighted by Crippen LogP contribution is 2.31. The topological polar surface area (TPSA) is 51.2 Å². The molecule has 102 valence electrons. The number of ether oxygens (including phenoxy) is 1. The summed E-state index contributed by atoms with van der Waals surface area (Å²) in [5, 5.41) is 3.98. The molecule has 2 heterocycles. The van der Waals surface area contributed by atoms with Crippen molar-refractivity contribution in [2.75, 3.05) is 11.9 Å². The van der Waals surface area contributed by atoms with E-state index in [0.29, 0.717) is 12.3 Å². The lowest BCUT2D eigenvalue weighted by Gasteiger charge is -2.12. The number of aromatic nitrogens is 1. The molecule has 0 aliphatic heterocycles. The van der Waals surface area contributed by atoms with Gasteiger partial charge in [0.25, 0.3) is 0 Å². The van der Waals surface area contributed by atoms with E-state index in [2.05, 4.69) is 10.3 Å². The van der Waals surface area contributed by atoms with E-state index < -0.39 is 5.97 Å². The highest BCUT2D eigenvalue weighted by molar-refractivity contribution is 7.16. The summed E-state index contributed by atoms with van der Waals surface area (Å²) in [5.41, 5.74) is 1.96. The van der Waals surface area contributed by atoms with E-state index in [1.807, 2.05) is 19.1 Å². The van der Waals surface area contributed by atoms with Crippen molar-refractivity contribution in [3.63, 3.8) is 0 Å². The second-order valence-corrected chi connectivity index (χ2v) is 6.36. The molecule has 0 aliphatic rings. The first-order chi connectivity index (χ1) is 9.11. The molecule has 0 saturated heterocycles. The van der Waals surface area contributed by atoms with Crippen molar-refractivity contribution in [1.29, 1.82) is 0 Å². The van der Waals surface area contributed by atoms with Crippen LogP contribution in [0.4, 0.5) is 5.00 Å². The number of hydrogen-bond acceptors (Lipinski definition) is 6. The van der Waals surface area contributed by atoms with Gasteiger partial charge in [-0.2, -0.15) is 0 Å². The summed E-state index contributed by atoms with van der Waals surface area (Å²) >= 11 is 8.81. The normalized spacial score (nSPS) is 12.2. The molecular weight excluding hydrogens is 304 g/mol. The van der Waals surface area contributed by atoms with Gasteiger partial charge in [0, 0.05) is 4.88 Å². The molecule has 0 aromatic carbocycles. The number of thiazole rings is 1. The zero-order valence-corrected chi connectivity index (χ0v) is 12.9. The van der Waals surface area contributed by atoms with Crippen LogP contribution in [0.3, 0.4) is 0 Å². The van der Waals surface area contributed by atoms with Crippen LogP contribution in [0.25, 0.3) is 0 Å². The molecule has 0 saturated carbocycles. The predicted octanol–water partition coefficient (Wildman–Crippen LogP) is 4.21. The molecule has 4 nitrogen and oxygen atoms in total. The van der Waals surface area contributed by atoms with Crippen molar-refractivity contribution in [3.05, 3.63) is 32.6 Å². The summed E-state index contributed by atoms with van der Waals surface area (Å²) in [5.74, 6) is -0.400. The van der Waals surface area contributed by atoms with Gasteiger partial charge in [0.05, 0.1) is 22.5 Å². The number of nitrogens with one attached hydrogen (secondary N) is 1. The fourth-order valence-corrected chi connectivity index (χ4v) is 3.34. The molecule has 2 aromatic heterocycles. The summed E-state index contributed by atoms with van der Waals surface area (Å²) in [6.45, 7) is 4.12. The molecule has 0 bridgehead atoms. The maximum atomic E-state index is 11.7. The van der Waals surface area contributed by atoms with Gasteiger partial charge in [-0.1, -0.05) is 11.6 Å². The average Bonchev–Trinajstić information content (AvgIpc) is 2.98. The summed E-state index contributed by atoms with van der Waals surface area (Å²) in [7, 11) is 0. The SMILES string of the molecule is CCOC(=O)c1ncsc1NC(C)c1ccc(Cl)s1. The Hall–Kier alpha value is -1.11. The van der Waals surface area contributed by atoms with Gasteiger partial charge in [0.2, 0.25) is 0 Å². The summed E-state index contributed by atoms with van der Waals surface area (Å²) in [6.07, 6.45) is 0. The number of halogens is 1. The number of thiophene rings is 1. The van der Waals surface area contributed by atoms with Crippen molar-refractivity contribution in [2.45, 2.75) is 19.9 Å². The fourth-order valence-electron chi connectivity index (χ4n) is 1.52. The minimum atomic E-state index is -0.400. The Morgan fingerprint density at radius 1 is 1.58 bits per heavy atom. The number of hydrogen-bond donors (Lipinski definition) is 1. The molecule has 1 atom stereocenters. The smallest absolute Gasteiger partial charge is 0.360 e. The Bertz CT molecular complexity index is 568. The summed E-state index contributed by atoms with van der Waals surface area (Å²) in [6, 6.07) is 3.89. The lowest BCUT2D eigenvalue weighted by molar-refractivity contribution is 0.0521. The molecule has 0 fully saturated rings. The summed E-state index contributed by atoms with van der Waals surface area (Å²) in [4.78, 5) is 16.9. The quantitative estimate of drug-likeness (QED) is 0.840. The van der Waals surface area contributed by atoms with E-state index in [9.17, 15) is 4.79 Å². The lowest BCUT2D eigenvalue weighted by atomic mass is 10.3. The van der Waals surface area contributed by atoms with Gasteiger partial charge in [-0.25, -0.2) is 9.78 Å². The molecule has 19 heavy (non-hydrogen) atoms. The zero-order chi connectivity index (χ0) is 13.8. The van der Waals surface area contributed by atoms with Gasteiger partial charge >= 0.3 is 5.97 Å². The average molecular weight is 317 g/mol. The second kappa shape index (κ2) is 6.36. The van der Waals surface area contributed by atoms with E-state index in [4.69, 9.17) is 16.3 Å². The van der Waals surface area contributed by atoms with Gasteiger partial charge < -0.3 is 10.1 Å². The van der Waals surface area contributed by atoms with Crippen molar-refractivity contribution >= 4 is 45.2 Å². The number of nitrogens with zero attached hydrogens (tertiary/aromatic N) is 1. The highest BCUT2D eigenvalue weighted by atomic mass is 35.5. The van der Waals surface area contributed by atoms with Crippen molar-refractivity contribution in [2.24, 2.45) is 0 Å². The maximum Gasteiger partial charge on any atom is 0.360 e. The Morgan fingerprint density at radius 3 is 3.00 bits per heavy atom. The van der Waals surface area contributed by atoms with Gasteiger partial charge in [-0.15, -0.1) is 22.7 Å². The van der Waals surface area contributed by atoms with Crippen LogP contribution in [0.5, 0.6) is 0 Å². The Kier molecular flexibility index (Phi) is 4.79. The first-order valence-electron chi connectivity index (χ1n) is 5.74. The second-order valence-electron chi connectivity index (χ2n) is 3.76. The zero-order valence-electron chi connectivity index (χ0n) is 10.5. The van der Waals surface area contributed by atoms with E-state index >= 15 is 0 Å². The number of anilines is 1. The standard InChI is InChI=1S/C12H13ClN2O2S2/c1-3-17-12(16)10-11(18-6-14-10)15-7(2)8-4-5-9(13)19-8/h4-7,15H,3H2,1-2H3. The highest BCUT2D eigenvalue weighted by Gasteiger charge is 2.18. The predicted molar refractivity (Wildman–Crippen MR) is 79.4 cm³/mol. The largest absolute Gasteiger partial charge is 0.461 e. The van der Waals surface area contributed by atoms with Crippen molar-refractivity contribution < 1.29 is 9.53 Å². The lowest BCUT2D eigenvalue weighted by Crippen LogP contribution is -2.10. The van der Waals surface area contributed by atoms with Gasteiger partial charge in [0.1, 0.15) is 5.00 Å². The molecule has 0 amide bonds. The third-order valence-electron chi connectivity index (χ3n) is 2.40. The third-order valence-corrected chi connectivity index (χ3v) is 4.58. The monoisotopic (exact) mass is 316 g/mol. The molecule has 0 radical (unpaired) electrons. The Morgan fingerprint density at radius 2 is 2.37 bits per heavy atom. The van der Waals surface area contributed by atoms with Gasteiger partial charge in [-0.3, -0.25) is 0 Å². The van der Waals surface area contributed by atoms with Crippen LogP contribution in [0.2, 0.25) is 4.34 Å². The first-order valence-corrected chi connectivity index (χ1v) is 7.81. The van der Waals surface area contributed by atoms with E-state index in [1.54, 1.807) is 12.4 Å². The van der Waals surface area contributed by atoms with Gasteiger partial charge in [0.15, 0.2) is 5.69 Å². The Balaban J connectivity index is 2.11. The molecule has 0 aliphatic carbocycles. The molecular formula is C12H13ClN2O2S2. The van der Waals surface area contributed by atoms with Crippen LogP contribution in [-0.2, 0) is 4.74 Å². The van der Waals surface area contributed by atoms with Crippen LogP contribution in [0, 0.1) is 0 Å². The maximum absolute atomic E-state index is 11.7. The minimum Gasteiger partial charge on any atom is -0.461 e. The van der Waals surface area contributed by atoms with Crippen molar-refractivity contribution in [3.8, 4) is 0 Å². The molecule has 2 aromatic rings. The molecule has 0 spiro atoms.